The van der Waals surface area contributed by atoms with Crippen LogP contribution in [0.2, 0.25) is 0 Å². The Labute approximate surface area is 176 Å². The summed E-state index contributed by atoms with van der Waals surface area (Å²) in [6.45, 7) is 2.01. The van der Waals surface area contributed by atoms with E-state index >= 15 is 0 Å². The summed E-state index contributed by atoms with van der Waals surface area (Å²) in [4.78, 5) is 20.3. The summed E-state index contributed by atoms with van der Waals surface area (Å²) in [5, 5.41) is 5.02. The van der Waals surface area contributed by atoms with Crippen LogP contribution in [0.25, 0.3) is 0 Å². The number of rotatable bonds is 3. The number of amidine groups is 1. The van der Waals surface area contributed by atoms with Crippen LogP contribution in [0.4, 0.5) is 35.0 Å². The molecule has 7 nitrogen and oxygen atoms in total. The highest BCUT2D eigenvalue weighted by Gasteiger charge is 2.32. The molecule has 0 bridgehead atoms. The molecule has 0 radical (unpaired) electrons. The average Bonchev–Trinajstić information content (AvgIpc) is 3.06. The number of alkyl halides is 3. The number of fused-ring (bicyclic) bond motifs is 1. The SMILES string of the molecule is CC1N2C=CN=C(N)C2=CN1c1ccc(NC(=O)Nc2cccc(C(F)(F)F)c2)cc1. The second kappa shape index (κ2) is 7.71. The van der Waals surface area contributed by atoms with Crippen LogP contribution in [0.5, 0.6) is 0 Å². The number of amides is 2. The lowest BCUT2D eigenvalue weighted by Crippen LogP contribution is -2.37. The second-order valence-corrected chi connectivity index (χ2v) is 6.98. The van der Waals surface area contributed by atoms with Gasteiger partial charge in [0.2, 0.25) is 0 Å². The molecule has 4 N–H and O–H groups in total. The highest BCUT2D eigenvalue weighted by atomic mass is 19.4. The number of nitrogens with two attached hydrogens (primary N) is 1. The molecule has 31 heavy (non-hydrogen) atoms. The van der Waals surface area contributed by atoms with Gasteiger partial charge >= 0.3 is 12.2 Å². The fourth-order valence-electron chi connectivity index (χ4n) is 3.37. The third-order valence-corrected chi connectivity index (χ3v) is 4.92. The van der Waals surface area contributed by atoms with Crippen molar-refractivity contribution in [1.82, 2.24) is 4.90 Å². The van der Waals surface area contributed by atoms with Crippen LogP contribution in [-0.2, 0) is 6.18 Å². The normalized spacial score (nSPS) is 17.7. The van der Waals surface area contributed by atoms with E-state index in [2.05, 4.69) is 15.6 Å². The lowest BCUT2D eigenvalue weighted by molar-refractivity contribution is -0.137. The first-order valence-electron chi connectivity index (χ1n) is 9.36. The molecule has 1 unspecified atom stereocenters. The van der Waals surface area contributed by atoms with E-state index in [-0.39, 0.29) is 11.9 Å². The fraction of sp³-hybridized carbons (Fsp3) is 0.143. The lowest BCUT2D eigenvalue weighted by atomic mass is 10.2. The van der Waals surface area contributed by atoms with Crippen molar-refractivity contribution >= 4 is 28.9 Å². The minimum absolute atomic E-state index is 0.0108. The number of aliphatic imine (C=N–C) groups is 1. The van der Waals surface area contributed by atoms with Gasteiger partial charge in [-0.3, -0.25) is 0 Å². The number of hydrogen-bond acceptors (Lipinski definition) is 5. The minimum Gasteiger partial charge on any atom is -0.382 e. The Kier molecular flexibility index (Phi) is 5.05. The Morgan fingerprint density at radius 3 is 2.45 bits per heavy atom. The summed E-state index contributed by atoms with van der Waals surface area (Å²) in [7, 11) is 0. The molecule has 2 aromatic carbocycles. The van der Waals surface area contributed by atoms with Crippen molar-refractivity contribution in [3.05, 3.63) is 78.4 Å². The van der Waals surface area contributed by atoms with E-state index in [9.17, 15) is 18.0 Å². The highest BCUT2D eigenvalue weighted by molar-refractivity contribution is 6.00. The predicted octanol–water partition coefficient (Wildman–Crippen LogP) is 4.50. The number of nitrogens with one attached hydrogen (secondary N) is 2. The van der Waals surface area contributed by atoms with Crippen molar-refractivity contribution in [2.75, 3.05) is 15.5 Å². The molecule has 1 atom stereocenters. The summed E-state index contributed by atoms with van der Waals surface area (Å²) in [6, 6.07) is 10.9. The van der Waals surface area contributed by atoms with Crippen molar-refractivity contribution in [2.45, 2.75) is 19.3 Å². The van der Waals surface area contributed by atoms with Gasteiger partial charge in [-0.25, -0.2) is 9.79 Å². The van der Waals surface area contributed by atoms with Crippen molar-refractivity contribution in [3.63, 3.8) is 0 Å². The monoisotopic (exact) mass is 428 g/mol. The third-order valence-electron chi connectivity index (χ3n) is 4.92. The molecule has 10 heteroatoms. The molecule has 2 heterocycles. The molecule has 4 rings (SSSR count). The third kappa shape index (κ3) is 4.18. The van der Waals surface area contributed by atoms with Gasteiger partial charge in [0.05, 0.1) is 5.56 Å². The Morgan fingerprint density at radius 2 is 1.77 bits per heavy atom. The van der Waals surface area contributed by atoms with Crippen molar-refractivity contribution in [3.8, 4) is 0 Å². The van der Waals surface area contributed by atoms with Gasteiger partial charge in [0.15, 0.2) is 0 Å². The first-order chi connectivity index (χ1) is 14.7. The Balaban J connectivity index is 1.42. The summed E-state index contributed by atoms with van der Waals surface area (Å²) in [5.41, 5.74) is 7.33. The smallest absolute Gasteiger partial charge is 0.382 e. The molecule has 2 aromatic rings. The molecule has 2 aliphatic rings. The van der Waals surface area contributed by atoms with E-state index in [1.54, 1.807) is 18.3 Å². The molecular formula is C21H19F3N6O. The van der Waals surface area contributed by atoms with Gasteiger partial charge in [-0.05, 0) is 49.4 Å². The van der Waals surface area contributed by atoms with Gasteiger partial charge in [0.1, 0.15) is 17.7 Å². The number of benzene rings is 2. The van der Waals surface area contributed by atoms with E-state index in [0.29, 0.717) is 11.5 Å². The van der Waals surface area contributed by atoms with Crippen LogP contribution in [-0.4, -0.2) is 22.9 Å². The summed E-state index contributed by atoms with van der Waals surface area (Å²) >= 11 is 0. The minimum atomic E-state index is -4.48. The second-order valence-electron chi connectivity index (χ2n) is 6.98. The molecule has 0 spiro atoms. The molecule has 0 saturated carbocycles. The first kappa shape index (κ1) is 20.3. The summed E-state index contributed by atoms with van der Waals surface area (Å²) < 4.78 is 38.4. The van der Waals surface area contributed by atoms with E-state index in [1.165, 1.54) is 12.1 Å². The van der Waals surface area contributed by atoms with Crippen molar-refractivity contribution < 1.29 is 18.0 Å². The Morgan fingerprint density at radius 1 is 1.06 bits per heavy atom. The largest absolute Gasteiger partial charge is 0.416 e. The number of nitrogens with zero attached hydrogens (tertiary/aromatic N) is 3. The molecule has 0 saturated heterocycles. The van der Waals surface area contributed by atoms with E-state index in [1.807, 2.05) is 41.3 Å². The number of halogens is 3. The predicted molar refractivity (Wildman–Crippen MR) is 113 cm³/mol. The van der Waals surface area contributed by atoms with Crippen LogP contribution in [0.1, 0.15) is 12.5 Å². The standard InChI is InChI=1S/C21H19F3N6O/c1-13-29-10-9-26-19(25)18(29)12-30(13)17-7-5-15(6-8-17)27-20(31)28-16-4-2-3-14(11-16)21(22,23)24/h2-13H,1H3,(H2,25,26)(H2,27,28,31). The number of hydrogen-bond donors (Lipinski definition) is 3. The zero-order valence-corrected chi connectivity index (χ0v) is 16.4. The van der Waals surface area contributed by atoms with Gasteiger partial charge in [0.25, 0.3) is 0 Å². The number of carbonyl (C=O) groups is 1. The molecule has 0 aromatic heterocycles. The average molecular weight is 428 g/mol. The van der Waals surface area contributed by atoms with Crippen LogP contribution in [0.15, 0.2) is 77.8 Å². The van der Waals surface area contributed by atoms with Crippen LogP contribution < -0.4 is 21.3 Å². The molecular weight excluding hydrogens is 409 g/mol. The Bertz CT molecular complexity index is 1090. The topological polar surface area (TPSA) is 86.0 Å². The maximum absolute atomic E-state index is 12.8. The van der Waals surface area contributed by atoms with Gasteiger partial charge in [0, 0.05) is 35.7 Å². The highest BCUT2D eigenvalue weighted by Crippen LogP contribution is 2.32. The van der Waals surface area contributed by atoms with Crippen LogP contribution in [0.3, 0.4) is 0 Å². The zero-order valence-electron chi connectivity index (χ0n) is 16.4. The van der Waals surface area contributed by atoms with Gasteiger partial charge in [-0.15, -0.1) is 0 Å². The molecule has 160 valence electrons. The molecule has 0 fully saturated rings. The van der Waals surface area contributed by atoms with Gasteiger partial charge < -0.3 is 26.2 Å². The quantitative estimate of drug-likeness (QED) is 0.672. The molecule has 2 amide bonds. The van der Waals surface area contributed by atoms with Crippen LogP contribution >= 0.6 is 0 Å². The Hall–Kier alpha value is -3.95. The molecule has 0 aliphatic carbocycles. The number of anilines is 3. The maximum atomic E-state index is 12.8. The van der Waals surface area contributed by atoms with Crippen molar-refractivity contribution in [2.24, 2.45) is 10.7 Å². The van der Waals surface area contributed by atoms with Gasteiger partial charge in [-0.2, -0.15) is 13.2 Å². The summed E-state index contributed by atoms with van der Waals surface area (Å²) in [6.07, 6.45) is 0.898. The fourth-order valence-corrected chi connectivity index (χ4v) is 3.37. The number of urea groups is 1. The first-order valence-corrected chi connectivity index (χ1v) is 9.36. The number of carbonyl (C=O) groups excluding carboxylic acids is 1. The van der Waals surface area contributed by atoms with E-state index in [0.717, 1.165) is 23.5 Å². The van der Waals surface area contributed by atoms with Crippen molar-refractivity contribution in [1.29, 1.82) is 0 Å². The van der Waals surface area contributed by atoms with Crippen LogP contribution in [0, 0.1) is 0 Å². The van der Waals surface area contributed by atoms with Gasteiger partial charge in [-0.1, -0.05) is 6.07 Å². The maximum Gasteiger partial charge on any atom is 0.416 e. The molecule has 2 aliphatic heterocycles. The zero-order chi connectivity index (χ0) is 22.2. The lowest BCUT2D eigenvalue weighted by Gasteiger charge is -2.29. The van der Waals surface area contributed by atoms with E-state index < -0.39 is 17.8 Å². The summed E-state index contributed by atoms with van der Waals surface area (Å²) in [5.74, 6) is 0.432. The van der Waals surface area contributed by atoms with E-state index in [4.69, 9.17) is 5.73 Å².